The molecule has 102 valence electrons. The van der Waals surface area contributed by atoms with Crippen molar-refractivity contribution in [3.63, 3.8) is 0 Å². The smallest absolute Gasteiger partial charge is 0.138 e. The Morgan fingerprint density at radius 1 is 1.25 bits per heavy atom. The Morgan fingerprint density at radius 3 is 2.90 bits per heavy atom. The minimum Gasteiger partial charge on any atom is -0.497 e. The van der Waals surface area contributed by atoms with E-state index in [2.05, 4.69) is 11.1 Å². The van der Waals surface area contributed by atoms with E-state index in [9.17, 15) is 0 Å². The van der Waals surface area contributed by atoms with Crippen LogP contribution < -0.4 is 10.5 Å². The summed E-state index contributed by atoms with van der Waals surface area (Å²) in [7, 11) is 1.67. The van der Waals surface area contributed by atoms with Crippen molar-refractivity contribution in [2.75, 3.05) is 12.8 Å². The molecule has 3 aromatic rings. The summed E-state index contributed by atoms with van der Waals surface area (Å²) in [6.45, 7) is 2.04. The second-order valence-electron chi connectivity index (χ2n) is 4.91. The van der Waals surface area contributed by atoms with Crippen LogP contribution in [0, 0.1) is 6.92 Å². The SMILES string of the molecule is COc1cccc(Cc2nc3ccc(C)cn3c2N)c1. The molecule has 3 rings (SSSR count). The van der Waals surface area contributed by atoms with Crippen LogP contribution in [0.1, 0.15) is 16.8 Å². The first-order valence-corrected chi connectivity index (χ1v) is 6.53. The Bertz CT molecular complexity index is 762. The molecule has 0 saturated heterocycles. The lowest BCUT2D eigenvalue weighted by Gasteiger charge is -2.03. The molecule has 2 N–H and O–H groups in total. The van der Waals surface area contributed by atoms with Crippen LogP contribution in [0.15, 0.2) is 42.6 Å². The van der Waals surface area contributed by atoms with E-state index >= 15 is 0 Å². The van der Waals surface area contributed by atoms with Crippen LogP contribution in [0.4, 0.5) is 5.82 Å². The normalized spacial score (nSPS) is 10.9. The summed E-state index contributed by atoms with van der Waals surface area (Å²) in [6, 6.07) is 12.0. The molecule has 2 aromatic heterocycles. The number of nitrogens with two attached hydrogens (primary N) is 1. The molecule has 0 aliphatic heterocycles. The zero-order valence-electron chi connectivity index (χ0n) is 11.6. The van der Waals surface area contributed by atoms with Gasteiger partial charge in [-0.05, 0) is 36.2 Å². The number of benzene rings is 1. The first-order chi connectivity index (χ1) is 9.67. The standard InChI is InChI=1S/C16H17N3O/c1-11-6-7-15-18-14(16(17)19(15)10-11)9-12-4-3-5-13(8-12)20-2/h3-8,10H,9,17H2,1-2H3. The molecular weight excluding hydrogens is 250 g/mol. The average molecular weight is 267 g/mol. The second kappa shape index (κ2) is 4.89. The Hall–Kier alpha value is -2.49. The number of nitrogens with zero attached hydrogens (tertiary/aromatic N) is 2. The summed E-state index contributed by atoms with van der Waals surface area (Å²) >= 11 is 0. The Balaban J connectivity index is 2.00. The topological polar surface area (TPSA) is 52.5 Å². The number of aryl methyl sites for hydroxylation is 1. The van der Waals surface area contributed by atoms with Gasteiger partial charge in [-0.1, -0.05) is 18.2 Å². The van der Waals surface area contributed by atoms with Gasteiger partial charge in [-0.3, -0.25) is 4.40 Å². The fourth-order valence-electron chi connectivity index (χ4n) is 2.32. The molecule has 0 bridgehead atoms. The fourth-order valence-corrected chi connectivity index (χ4v) is 2.32. The number of imidazole rings is 1. The summed E-state index contributed by atoms with van der Waals surface area (Å²) < 4.78 is 7.18. The molecule has 0 aliphatic rings. The maximum atomic E-state index is 6.20. The number of methoxy groups -OCH3 is 1. The van der Waals surface area contributed by atoms with Crippen LogP contribution in [0.3, 0.4) is 0 Å². The van der Waals surface area contributed by atoms with Crippen molar-refractivity contribution in [2.45, 2.75) is 13.3 Å². The highest BCUT2D eigenvalue weighted by Gasteiger charge is 2.10. The van der Waals surface area contributed by atoms with E-state index in [0.29, 0.717) is 12.2 Å². The number of pyridine rings is 1. The molecular formula is C16H17N3O. The number of ether oxygens (including phenoxy) is 1. The highest BCUT2D eigenvalue weighted by atomic mass is 16.5. The number of fused-ring (bicyclic) bond motifs is 1. The highest BCUT2D eigenvalue weighted by molar-refractivity contribution is 5.54. The van der Waals surface area contributed by atoms with Crippen LogP contribution >= 0.6 is 0 Å². The van der Waals surface area contributed by atoms with Gasteiger partial charge in [0.15, 0.2) is 0 Å². The molecule has 0 saturated carbocycles. The van der Waals surface area contributed by atoms with Gasteiger partial charge in [0, 0.05) is 12.6 Å². The second-order valence-corrected chi connectivity index (χ2v) is 4.91. The molecule has 20 heavy (non-hydrogen) atoms. The maximum Gasteiger partial charge on any atom is 0.138 e. The first kappa shape index (κ1) is 12.5. The number of rotatable bonds is 3. The van der Waals surface area contributed by atoms with Crippen LogP contribution in [0.25, 0.3) is 5.65 Å². The van der Waals surface area contributed by atoms with Crippen molar-refractivity contribution in [1.82, 2.24) is 9.38 Å². The molecule has 4 heteroatoms. The number of nitrogen functional groups attached to an aromatic ring is 1. The van der Waals surface area contributed by atoms with E-state index in [-0.39, 0.29) is 0 Å². The Morgan fingerprint density at radius 2 is 2.10 bits per heavy atom. The quantitative estimate of drug-likeness (QED) is 0.794. The van der Waals surface area contributed by atoms with E-state index in [0.717, 1.165) is 28.2 Å². The van der Waals surface area contributed by atoms with E-state index in [1.54, 1.807) is 7.11 Å². The monoisotopic (exact) mass is 267 g/mol. The third-order valence-electron chi connectivity index (χ3n) is 3.39. The van der Waals surface area contributed by atoms with Crippen molar-refractivity contribution in [1.29, 1.82) is 0 Å². The van der Waals surface area contributed by atoms with Crippen molar-refractivity contribution in [3.8, 4) is 5.75 Å². The Kier molecular flexibility index (Phi) is 3.06. The van der Waals surface area contributed by atoms with E-state index in [4.69, 9.17) is 10.5 Å². The van der Waals surface area contributed by atoms with Gasteiger partial charge < -0.3 is 10.5 Å². The third-order valence-corrected chi connectivity index (χ3v) is 3.39. The van der Waals surface area contributed by atoms with Crippen molar-refractivity contribution in [3.05, 3.63) is 59.4 Å². The van der Waals surface area contributed by atoms with Crippen LogP contribution in [-0.2, 0) is 6.42 Å². The molecule has 0 spiro atoms. The summed E-state index contributed by atoms with van der Waals surface area (Å²) in [5.41, 5.74) is 10.3. The largest absolute Gasteiger partial charge is 0.497 e. The van der Waals surface area contributed by atoms with Gasteiger partial charge in [-0.15, -0.1) is 0 Å². The summed E-state index contributed by atoms with van der Waals surface area (Å²) in [6.07, 6.45) is 2.70. The molecule has 0 unspecified atom stereocenters. The third kappa shape index (κ3) is 2.20. The minimum atomic E-state index is 0.698. The van der Waals surface area contributed by atoms with Crippen molar-refractivity contribution < 1.29 is 4.74 Å². The van der Waals surface area contributed by atoms with Gasteiger partial charge in [0.1, 0.15) is 17.2 Å². The van der Waals surface area contributed by atoms with E-state index < -0.39 is 0 Å². The highest BCUT2D eigenvalue weighted by Crippen LogP contribution is 2.21. The van der Waals surface area contributed by atoms with Gasteiger partial charge in [0.05, 0.1) is 12.8 Å². The number of anilines is 1. The van der Waals surface area contributed by atoms with Crippen LogP contribution in [0.2, 0.25) is 0 Å². The number of aromatic nitrogens is 2. The lowest BCUT2D eigenvalue weighted by atomic mass is 10.1. The predicted octanol–water partition coefficient (Wildman–Crippen LogP) is 2.82. The average Bonchev–Trinajstić information content (AvgIpc) is 2.76. The molecule has 1 aromatic carbocycles. The van der Waals surface area contributed by atoms with Gasteiger partial charge in [-0.25, -0.2) is 4.98 Å². The lowest BCUT2D eigenvalue weighted by Crippen LogP contribution is -1.98. The zero-order valence-corrected chi connectivity index (χ0v) is 11.6. The van der Waals surface area contributed by atoms with E-state index in [1.807, 2.05) is 47.9 Å². The lowest BCUT2D eigenvalue weighted by molar-refractivity contribution is 0.414. The molecule has 2 heterocycles. The van der Waals surface area contributed by atoms with Crippen LogP contribution in [-0.4, -0.2) is 16.5 Å². The first-order valence-electron chi connectivity index (χ1n) is 6.53. The van der Waals surface area contributed by atoms with Gasteiger partial charge in [-0.2, -0.15) is 0 Å². The Labute approximate surface area is 117 Å². The maximum absolute atomic E-state index is 6.20. The van der Waals surface area contributed by atoms with Gasteiger partial charge >= 0.3 is 0 Å². The minimum absolute atomic E-state index is 0.698. The number of hydrogen-bond acceptors (Lipinski definition) is 3. The summed E-state index contributed by atoms with van der Waals surface area (Å²) in [5.74, 6) is 1.55. The molecule has 0 aliphatic carbocycles. The van der Waals surface area contributed by atoms with Gasteiger partial charge in [0.25, 0.3) is 0 Å². The fraction of sp³-hybridized carbons (Fsp3) is 0.188. The molecule has 0 atom stereocenters. The summed E-state index contributed by atoms with van der Waals surface area (Å²) in [4.78, 5) is 4.60. The molecule has 0 radical (unpaired) electrons. The molecule has 4 nitrogen and oxygen atoms in total. The van der Waals surface area contributed by atoms with Gasteiger partial charge in [0.2, 0.25) is 0 Å². The molecule has 0 amide bonds. The van der Waals surface area contributed by atoms with Crippen molar-refractivity contribution >= 4 is 11.5 Å². The van der Waals surface area contributed by atoms with Crippen LogP contribution in [0.5, 0.6) is 5.75 Å². The van der Waals surface area contributed by atoms with E-state index in [1.165, 1.54) is 0 Å². The molecule has 0 fully saturated rings. The summed E-state index contributed by atoms with van der Waals surface area (Å²) in [5, 5.41) is 0. The number of hydrogen-bond donors (Lipinski definition) is 1. The van der Waals surface area contributed by atoms with Crippen molar-refractivity contribution in [2.24, 2.45) is 0 Å². The zero-order chi connectivity index (χ0) is 14.1. The predicted molar refractivity (Wildman–Crippen MR) is 80.1 cm³/mol.